The zero-order valence-corrected chi connectivity index (χ0v) is 28.5. The lowest BCUT2D eigenvalue weighted by Gasteiger charge is -2.19. The topological polar surface area (TPSA) is 70.5 Å². The minimum atomic E-state index is 0.543. The van der Waals surface area contributed by atoms with Crippen molar-refractivity contribution in [1.29, 1.82) is 0 Å². The van der Waals surface area contributed by atoms with E-state index in [9.17, 15) is 0 Å². The van der Waals surface area contributed by atoms with E-state index >= 15 is 0 Å². The van der Waals surface area contributed by atoms with E-state index < -0.39 is 0 Å². The van der Waals surface area contributed by atoms with Gasteiger partial charge in [0.15, 0.2) is 0 Å². The zero-order chi connectivity index (χ0) is 33.9. The molecule has 0 saturated heterocycles. The molecule has 0 saturated carbocycles. The zero-order valence-electron chi connectivity index (χ0n) is 28.5. The summed E-state index contributed by atoms with van der Waals surface area (Å²) in [5, 5.41) is 4.27. The van der Waals surface area contributed by atoms with Gasteiger partial charge in [0.1, 0.15) is 11.5 Å². The van der Waals surface area contributed by atoms with Gasteiger partial charge in [-0.2, -0.15) is 0 Å². The van der Waals surface area contributed by atoms with Crippen LogP contribution in [0.4, 0.5) is 11.4 Å². The van der Waals surface area contributed by atoms with Crippen LogP contribution < -0.4 is 20.9 Å². The first-order valence-corrected chi connectivity index (χ1v) is 16.3. The van der Waals surface area contributed by atoms with Gasteiger partial charge in [-0.25, -0.2) is 0 Å². The number of anilines is 2. The maximum absolute atomic E-state index is 6.26. The van der Waals surface area contributed by atoms with Crippen LogP contribution in [0.15, 0.2) is 84.9 Å². The average Bonchev–Trinajstić information content (AvgIpc) is 3.07. The van der Waals surface area contributed by atoms with Crippen LogP contribution in [0.3, 0.4) is 0 Å². The van der Waals surface area contributed by atoms with Crippen LogP contribution in [0.5, 0.6) is 11.5 Å². The summed E-state index contributed by atoms with van der Waals surface area (Å²) in [7, 11) is 0. The number of nitrogens with two attached hydrogens (primary N) is 2. The van der Waals surface area contributed by atoms with Gasteiger partial charge < -0.3 is 20.9 Å². The largest absolute Gasteiger partial charge is 0.493 e. The van der Waals surface area contributed by atoms with Gasteiger partial charge in [-0.3, -0.25) is 0 Å². The second-order valence-electron chi connectivity index (χ2n) is 12.2. The summed E-state index contributed by atoms with van der Waals surface area (Å²) < 4.78 is 12.5. The van der Waals surface area contributed by atoms with Crippen LogP contribution in [-0.4, -0.2) is 13.2 Å². The Morgan fingerprint density at radius 1 is 0.458 bits per heavy atom. The quantitative estimate of drug-likeness (QED) is 0.147. The fourth-order valence-electron chi connectivity index (χ4n) is 6.22. The smallest absolute Gasteiger partial charge is 0.127 e. The van der Waals surface area contributed by atoms with Gasteiger partial charge in [-0.05, 0) is 146 Å². The van der Waals surface area contributed by atoms with Crippen molar-refractivity contribution in [3.05, 3.63) is 129 Å². The summed E-state index contributed by atoms with van der Waals surface area (Å²) in [5.41, 5.74) is 23.9. The molecule has 0 fully saturated rings. The van der Waals surface area contributed by atoms with Crippen LogP contribution in [0.25, 0.3) is 32.7 Å². The molecule has 48 heavy (non-hydrogen) atoms. The number of ether oxygens (including phenoxy) is 2. The maximum atomic E-state index is 6.26. The molecule has 0 aliphatic rings. The summed E-state index contributed by atoms with van der Waals surface area (Å²) in [5.74, 6) is 15.0. The van der Waals surface area contributed by atoms with Gasteiger partial charge in [-0.15, -0.1) is 0 Å². The first kappa shape index (κ1) is 32.1. The highest BCUT2D eigenvalue weighted by Gasteiger charge is 2.19. The summed E-state index contributed by atoms with van der Waals surface area (Å²) in [6, 6.07) is 29.2. The molecule has 0 aromatic heterocycles. The summed E-state index contributed by atoms with van der Waals surface area (Å²) in [4.78, 5) is 0. The van der Waals surface area contributed by atoms with Crippen molar-refractivity contribution in [3.8, 4) is 46.3 Å². The Morgan fingerprint density at radius 3 is 1.17 bits per heavy atom. The fraction of sp³-hybridized carbons (Fsp3) is 0.182. The third kappa shape index (κ3) is 6.39. The molecule has 0 aliphatic heterocycles. The molecule has 6 aromatic rings. The molecule has 0 bridgehead atoms. The van der Waals surface area contributed by atoms with Gasteiger partial charge in [0.05, 0.1) is 13.2 Å². The molecular weight excluding hydrogens is 588 g/mol. The number of hydrogen-bond donors (Lipinski definition) is 2. The van der Waals surface area contributed by atoms with E-state index in [0.29, 0.717) is 13.2 Å². The van der Waals surface area contributed by atoms with Crippen molar-refractivity contribution in [1.82, 2.24) is 0 Å². The molecule has 0 atom stereocenters. The predicted octanol–water partition coefficient (Wildman–Crippen LogP) is 9.66. The van der Waals surface area contributed by atoms with Gasteiger partial charge in [0.2, 0.25) is 0 Å². The highest BCUT2D eigenvalue weighted by atomic mass is 16.5. The van der Waals surface area contributed by atoms with Gasteiger partial charge in [0, 0.05) is 44.8 Å². The normalized spacial score (nSPS) is 10.7. The molecule has 0 heterocycles. The summed E-state index contributed by atoms with van der Waals surface area (Å²) in [6.45, 7) is 13.2. The molecule has 238 valence electrons. The Kier molecular flexibility index (Phi) is 9.02. The SMILES string of the molecule is CCOc1ccc2cc(C#Cc3cc(C)c(N)c(C)c3)ccc2c1-c1c(OCC)ccc2cc(C#Cc3cc(C)c(N)c(C)c3)ccc12. The van der Waals surface area contributed by atoms with Gasteiger partial charge in [-0.1, -0.05) is 47.9 Å². The average molecular weight is 629 g/mol. The van der Waals surface area contributed by atoms with Crippen LogP contribution >= 0.6 is 0 Å². The Morgan fingerprint density at radius 2 is 0.812 bits per heavy atom. The highest BCUT2D eigenvalue weighted by molar-refractivity contribution is 6.10. The Labute approximate surface area is 283 Å². The predicted molar refractivity (Wildman–Crippen MR) is 202 cm³/mol. The first-order chi connectivity index (χ1) is 23.2. The van der Waals surface area contributed by atoms with Crippen LogP contribution in [0.2, 0.25) is 0 Å². The van der Waals surface area contributed by atoms with Crippen molar-refractivity contribution in [3.63, 3.8) is 0 Å². The Hall–Kier alpha value is -5.84. The van der Waals surface area contributed by atoms with Crippen LogP contribution in [0.1, 0.15) is 58.4 Å². The monoisotopic (exact) mass is 628 g/mol. The van der Waals surface area contributed by atoms with Crippen LogP contribution in [-0.2, 0) is 0 Å². The number of benzene rings is 6. The third-order valence-electron chi connectivity index (χ3n) is 8.70. The molecule has 6 rings (SSSR count). The van der Waals surface area contributed by atoms with E-state index in [1.807, 2.05) is 65.8 Å². The molecular formula is C44H40N2O2. The second kappa shape index (κ2) is 13.5. The molecule has 0 amide bonds. The number of hydrogen-bond acceptors (Lipinski definition) is 4. The second-order valence-corrected chi connectivity index (χ2v) is 12.2. The number of rotatable bonds is 5. The first-order valence-electron chi connectivity index (χ1n) is 16.3. The lowest BCUT2D eigenvalue weighted by atomic mass is 9.91. The van der Waals surface area contributed by atoms with E-state index in [4.69, 9.17) is 20.9 Å². The maximum Gasteiger partial charge on any atom is 0.127 e. The van der Waals surface area contributed by atoms with Crippen molar-refractivity contribution in [2.75, 3.05) is 24.7 Å². The molecule has 0 unspecified atom stereocenters. The van der Waals surface area contributed by atoms with Crippen molar-refractivity contribution < 1.29 is 9.47 Å². The molecule has 4 N–H and O–H groups in total. The van der Waals surface area contributed by atoms with Gasteiger partial charge >= 0.3 is 0 Å². The van der Waals surface area contributed by atoms with E-state index in [-0.39, 0.29) is 0 Å². The Balaban J connectivity index is 1.48. The minimum Gasteiger partial charge on any atom is -0.493 e. The van der Waals surface area contributed by atoms with E-state index in [1.54, 1.807) is 0 Å². The molecule has 4 nitrogen and oxygen atoms in total. The number of aryl methyl sites for hydroxylation is 4. The van der Waals surface area contributed by atoms with E-state index in [2.05, 4.69) is 84.3 Å². The number of fused-ring (bicyclic) bond motifs is 2. The standard InChI is InChI=1S/C44H40N2O2/c1-7-47-39-19-15-35-25-31(9-11-33-21-27(3)43(45)28(4)22-33)13-17-37(35)41(39)42-38-18-14-32(26-36(38)16-20-40(42)48-8-2)10-12-34-23-29(5)44(46)30(6)24-34/h13-26H,7-8,45-46H2,1-6H3. The summed E-state index contributed by atoms with van der Waals surface area (Å²) in [6.07, 6.45) is 0. The molecule has 0 spiro atoms. The lowest BCUT2D eigenvalue weighted by molar-refractivity contribution is 0.337. The van der Waals surface area contributed by atoms with Crippen LogP contribution in [0, 0.1) is 51.4 Å². The fourth-order valence-corrected chi connectivity index (χ4v) is 6.22. The van der Waals surface area contributed by atoms with E-state index in [0.717, 1.165) is 100 Å². The minimum absolute atomic E-state index is 0.543. The van der Waals surface area contributed by atoms with E-state index in [1.165, 1.54) is 0 Å². The molecule has 4 heteroatoms. The molecule has 6 aromatic carbocycles. The highest BCUT2D eigenvalue weighted by Crippen LogP contribution is 2.46. The van der Waals surface area contributed by atoms with Gasteiger partial charge in [0.25, 0.3) is 0 Å². The third-order valence-corrected chi connectivity index (χ3v) is 8.70. The van der Waals surface area contributed by atoms with Crippen molar-refractivity contribution in [2.45, 2.75) is 41.5 Å². The van der Waals surface area contributed by atoms with Crippen molar-refractivity contribution >= 4 is 32.9 Å². The lowest BCUT2D eigenvalue weighted by Crippen LogP contribution is -1.99. The molecule has 0 radical (unpaired) electrons. The molecule has 0 aliphatic carbocycles. The Bertz CT molecular complexity index is 2130. The van der Waals surface area contributed by atoms with Crippen molar-refractivity contribution in [2.24, 2.45) is 0 Å². The number of nitrogen functional groups attached to an aromatic ring is 2. The summed E-state index contributed by atoms with van der Waals surface area (Å²) >= 11 is 0.